The fraction of sp³-hybridized carbons (Fsp3) is 0.889. The Morgan fingerprint density at radius 1 is 1.21 bits per heavy atom. The molecule has 24 heavy (non-hydrogen) atoms. The lowest BCUT2D eigenvalue weighted by Crippen LogP contribution is -2.58. The van der Waals surface area contributed by atoms with E-state index in [0.717, 1.165) is 58.0 Å². The number of hydrogen-bond donors (Lipinski definition) is 1. The van der Waals surface area contributed by atoms with Gasteiger partial charge < -0.3 is 19.9 Å². The summed E-state index contributed by atoms with van der Waals surface area (Å²) < 4.78 is 4.92. The molecule has 3 atom stereocenters. The number of ether oxygens (including phenoxy) is 1. The summed E-state index contributed by atoms with van der Waals surface area (Å²) in [5.74, 6) is 0.189. The highest BCUT2D eigenvalue weighted by molar-refractivity contribution is 5.88. The average molecular weight is 339 g/mol. The van der Waals surface area contributed by atoms with Gasteiger partial charge in [-0.15, -0.1) is 0 Å². The third kappa shape index (κ3) is 4.93. The molecule has 0 aliphatic carbocycles. The molecule has 2 aliphatic heterocycles. The minimum atomic E-state index is -0.401. The Bertz CT molecular complexity index is 428. The molecule has 0 aromatic rings. The maximum absolute atomic E-state index is 13.1. The monoisotopic (exact) mass is 339 g/mol. The highest BCUT2D eigenvalue weighted by atomic mass is 16.5. The molecule has 2 heterocycles. The summed E-state index contributed by atoms with van der Waals surface area (Å²) in [6, 6.07) is -0.548. The molecule has 0 spiro atoms. The molecule has 0 aromatic carbocycles. The number of carbonyl (C=O) groups excluding carboxylic acids is 2. The van der Waals surface area contributed by atoms with Gasteiger partial charge in [-0.25, -0.2) is 4.79 Å². The van der Waals surface area contributed by atoms with Crippen molar-refractivity contribution in [3.05, 3.63) is 0 Å². The summed E-state index contributed by atoms with van der Waals surface area (Å²) in [4.78, 5) is 29.1. The fourth-order valence-corrected chi connectivity index (χ4v) is 3.98. The highest BCUT2D eigenvalue weighted by Gasteiger charge is 2.39. The molecule has 6 nitrogen and oxygen atoms in total. The van der Waals surface area contributed by atoms with Crippen LogP contribution in [-0.2, 0) is 14.3 Å². The quantitative estimate of drug-likeness (QED) is 0.738. The normalized spacial score (nSPS) is 28.0. The molecule has 6 heteroatoms. The third-order valence-electron chi connectivity index (χ3n) is 5.29. The number of hydrogen-bond acceptors (Lipinski definition) is 5. The van der Waals surface area contributed by atoms with E-state index in [1.807, 2.05) is 0 Å². The Hall–Kier alpha value is -1.14. The van der Waals surface area contributed by atoms with Crippen molar-refractivity contribution in [3.63, 3.8) is 0 Å². The van der Waals surface area contributed by atoms with Crippen LogP contribution in [0.2, 0.25) is 0 Å². The number of methoxy groups -OCH3 is 1. The van der Waals surface area contributed by atoms with E-state index in [1.165, 1.54) is 7.11 Å². The van der Waals surface area contributed by atoms with Gasteiger partial charge in [0.15, 0.2) is 0 Å². The zero-order valence-corrected chi connectivity index (χ0v) is 15.4. The van der Waals surface area contributed by atoms with E-state index in [0.29, 0.717) is 12.5 Å². The molecule has 0 aromatic heterocycles. The number of amides is 1. The number of likely N-dealkylation sites (tertiary alicyclic amines) is 1. The third-order valence-corrected chi connectivity index (χ3v) is 5.29. The SMILES string of the molecule is COC(=O)[C@@H]1CCCCN1C(=O)[C@@H]1NCCC[C@@H]1CCCN(C)C. The van der Waals surface area contributed by atoms with Crippen LogP contribution in [0.4, 0.5) is 0 Å². The Kier molecular flexibility index (Phi) is 7.49. The van der Waals surface area contributed by atoms with E-state index >= 15 is 0 Å². The Labute approximate surface area is 145 Å². The molecule has 0 unspecified atom stereocenters. The van der Waals surface area contributed by atoms with Crippen molar-refractivity contribution in [1.29, 1.82) is 0 Å². The predicted molar refractivity (Wildman–Crippen MR) is 93.7 cm³/mol. The highest BCUT2D eigenvalue weighted by Crippen LogP contribution is 2.26. The lowest BCUT2D eigenvalue weighted by Gasteiger charge is -2.40. The smallest absolute Gasteiger partial charge is 0.328 e. The van der Waals surface area contributed by atoms with Gasteiger partial charge in [-0.05, 0) is 78.0 Å². The van der Waals surface area contributed by atoms with Gasteiger partial charge in [0.05, 0.1) is 13.2 Å². The second kappa shape index (κ2) is 9.37. The minimum Gasteiger partial charge on any atom is -0.467 e. The number of piperidine rings is 2. The molecule has 2 aliphatic rings. The average Bonchev–Trinajstić information content (AvgIpc) is 2.60. The maximum atomic E-state index is 13.1. The van der Waals surface area contributed by atoms with Crippen LogP contribution in [0.3, 0.4) is 0 Å². The first-order chi connectivity index (χ1) is 11.5. The second-order valence-electron chi connectivity index (χ2n) is 7.35. The zero-order chi connectivity index (χ0) is 17.5. The van der Waals surface area contributed by atoms with Gasteiger partial charge in [0.2, 0.25) is 5.91 Å². The first kappa shape index (κ1) is 19.2. The molecule has 2 fully saturated rings. The summed E-state index contributed by atoms with van der Waals surface area (Å²) >= 11 is 0. The molecule has 1 amide bonds. The largest absolute Gasteiger partial charge is 0.467 e. The van der Waals surface area contributed by atoms with Crippen LogP contribution >= 0.6 is 0 Å². The molecular formula is C18H33N3O3. The molecule has 2 rings (SSSR count). The van der Waals surface area contributed by atoms with Crippen LogP contribution in [0.15, 0.2) is 0 Å². The number of rotatable bonds is 6. The van der Waals surface area contributed by atoms with E-state index in [2.05, 4.69) is 24.3 Å². The second-order valence-corrected chi connectivity index (χ2v) is 7.35. The molecule has 138 valence electrons. The summed E-state index contributed by atoms with van der Waals surface area (Å²) in [6.07, 6.45) is 7.04. The van der Waals surface area contributed by atoms with Crippen molar-refractivity contribution in [2.45, 2.75) is 57.0 Å². The van der Waals surface area contributed by atoms with E-state index in [4.69, 9.17) is 4.74 Å². The van der Waals surface area contributed by atoms with E-state index in [9.17, 15) is 9.59 Å². The van der Waals surface area contributed by atoms with Crippen molar-refractivity contribution < 1.29 is 14.3 Å². The van der Waals surface area contributed by atoms with Crippen molar-refractivity contribution >= 4 is 11.9 Å². The Balaban J connectivity index is 2.01. The number of esters is 1. The van der Waals surface area contributed by atoms with Crippen molar-refractivity contribution in [1.82, 2.24) is 15.1 Å². The Morgan fingerprint density at radius 2 is 2.00 bits per heavy atom. The standard InChI is InChI=1S/C18H33N3O3/c1-20(2)12-7-9-14-8-6-11-19-16(14)17(22)21-13-5-4-10-15(21)18(23)24-3/h14-16,19H,4-13H2,1-3H3/t14-,15+,16-/m1/s1. The fourth-order valence-electron chi connectivity index (χ4n) is 3.98. The van der Waals surface area contributed by atoms with Crippen LogP contribution in [-0.4, -0.2) is 74.6 Å². The first-order valence-electron chi connectivity index (χ1n) is 9.31. The number of carbonyl (C=O) groups is 2. The van der Waals surface area contributed by atoms with Crippen LogP contribution in [0.1, 0.15) is 44.9 Å². The Morgan fingerprint density at radius 3 is 2.71 bits per heavy atom. The molecule has 0 radical (unpaired) electrons. The van der Waals surface area contributed by atoms with Crippen molar-refractivity contribution in [2.75, 3.05) is 40.8 Å². The molecule has 0 saturated carbocycles. The zero-order valence-electron chi connectivity index (χ0n) is 15.4. The van der Waals surface area contributed by atoms with Gasteiger partial charge in [0.1, 0.15) is 6.04 Å². The van der Waals surface area contributed by atoms with E-state index in [-0.39, 0.29) is 17.9 Å². The summed E-state index contributed by atoms with van der Waals surface area (Å²) in [6.45, 7) is 2.60. The van der Waals surface area contributed by atoms with E-state index in [1.54, 1.807) is 4.90 Å². The van der Waals surface area contributed by atoms with Crippen LogP contribution in [0, 0.1) is 5.92 Å². The molecule has 1 N–H and O–H groups in total. The number of nitrogens with one attached hydrogen (secondary N) is 1. The predicted octanol–water partition coefficient (Wildman–Crippen LogP) is 1.25. The van der Waals surface area contributed by atoms with Crippen LogP contribution in [0.25, 0.3) is 0 Å². The van der Waals surface area contributed by atoms with Crippen molar-refractivity contribution in [3.8, 4) is 0 Å². The summed E-state index contributed by atoms with van der Waals surface area (Å²) in [5, 5.41) is 3.42. The minimum absolute atomic E-state index is 0.0969. The lowest BCUT2D eigenvalue weighted by molar-refractivity contribution is -0.156. The van der Waals surface area contributed by atoms with Gasteiger partial charge in [-0.3, -0.25) is 4.79 Å². The van der Waals surface area contributed by atoms with E-state index < -0.39 is 6.04 Å². The molecule has 0 bridgehead atoms. The lowest BCUT2D eigenvalue weighted by atomic mass is 9.85. The van der Waals surface area contributed by atoms with Crippen LogP contribution < -0.4 is 5.32 Å². The van der Waals surface area contributed by atoms with Gasteiger partial charge in [-0.2, -0.15) is 0 Å². The van der Waals surface area contributed by atoms with Crippen molar-refractivity contribution in [2.24, 2.45) is 5.92 Å². The summed E-state index contributed by atoms with van der Waals surface area (Å²) in [5.41, 5.74) is 0. The molecular weight excluding hydrogens is 306 g/mol. The van der Waals surface area contributed by atoms with Gasteiger partial charge >= 0.3 is 5.97 Å². The molecule has 2 saturated heterocycles. The first-order valence-corrected chi connectivity index (χ1v) is 9.31. The van der Waals surface area contributed by atoms with Gasteiger partial charge in [-0.1, -0.05) is 0 Å². The topological polar surface area (TPSA) is 61.9 Å². The number of nitrogens with zero attached hydrogens (tertiary/aromatic N) is 2. The van der Waals surface area contributed by atoms with Crippen LogP contribution in [0.5, 0.6) is 0 Å². The van der Waals surface area contributed by atoms with Gasteiger partial charge in [0, 0.05) is 6.54 Å². The maximum Gasteiger partial charge on any atom is 0.328 e. The summed E-state index contributed by atoms with van der Waals surface area (Å²) in [7, 11) is 5.56. The van der Waals surface area contributed by atoms with Gasteiger partial charge in [0.25, 0.3) is 0 Å².